The van der Waals surface area contributed by atoms with Crippen LogP contribution in [0.4, 0.5) is 8.78 Å². The monoisotopic (exact) mass is 491 g/mol. The van der Waals surface area contributed by atoms with E-state index in [0.717, 1.165) is 48.9 Å². The number of halogens is 2. The van der Waals surface area contributed by atoms with Gasteiger partial charge in [-0.25, -0.2) is 17.2 Å². The minimum Gasteiger partial charge on any atom is -0.353 e. The van der Waals surface area contributed by atoms with Crippen molar-refractivity contribution in [3.8, 4) is 0 Å². The molecule has 0 atom stereocenters. The number of piperidine rings is 2. The molecule has 2 fully saturated rings. The molecular weight excluding hydrogens is 460 g/mol. The summed E-state index contributed by atoms with van der Waals surface area (Å²) < 4.78 is 54.1. The van der Waals surface area contributed by atoms with E-state index in [2.05, 4.69) is 41.4 Å². The standard InChI is InChI=1S/C25H31F2N3O3S/c1-18-3-2-4-19(15-18)17-29-11-9-22(10-12-29)28-25(31)20-7-13-30(14-8-20)34(32,33)24-16-21(26)5-6-23(24)27/h2-6,15-16,20,22H,7-14,17H2,1H3,(H,28,31). The maximum absolute atomic E-state index is 14.0. The van der Waals surface area contributed by atoms with E-state index >= 15 is 0 Å². The van der Waals surface area contributed by atoms with E-state index < -0.39 is 26.6 Å². The second-order valence-electron chi connectivity index (χ2n) is 9.30. The number of carbonyl (C=O) groups excluding carboxylic acids is 1. The Bertz CT molecular complexity index is 1130. The van der Waals surface area contributed by atoms with E-state index in [9.17, 15) is 22.0 Å². The first-order valence-electron chi connectivity index (χ1n) is 11.8. The lowest BCUT2D eigenvalue weighted by atomic mass is 9.95. The van der Waals surface area contributed by atoms with Gasteiger partial charge in [0.25, 0.3) is 0 Å². The van der Waals surface area contributed by atoms with Crippen LogP contribution in [0, 0.1) is 24.5 Å². The van der Waals surface area contributed by atoms with Gasteiger partial charge in [-0.05, 0) is 56.4 Å². The second kappa shape index (κ2) is 10.5. The molecule has 6 nitrogen and oxygen atoms in total. The molecule has 2 aromatic carbocycles. The molecule has 1 amide bonds. The Morgan fingerprint density at radius 1 is 1.00 bits per heavy atom. The maximum Gasteiger partial charge on any atom is 0.246 e. The minimum absolute atomic E-state index is 0.0499. The van der Waals surface area contributed by atoms with Crippen molar-refractivity contribution >= 4 is 15.9 Å². The third-order valence-corrected chi connectivity index (χ3v) is 8.67. The molecule has 0 aliphatic carbocycles. The lowest BCUT2D eigenvalue weighted by molar-refractivity contribution is -0.127. The molecule has 1 N–H and O–H groups in total. The average molecular weight is 492 g/mol. The third kappa shape index (κ3) is 5.82. The fraction of sp³-hybridized carbons (Fsp3) is 0.480. The first kappa shape index (κ1) is 24.8. The number of amides is 1. The van der Waals surface area contributed by atoms with Gasteiger partial charge in [-0.1, -0.05) is 29.8 Å². The number of nitrogens with zero attached hydrogens (tertiary/aromatic N) is 2. The molecule has 2 aliphatic heterocycles. The molecule has 2 heterocycles. The van der Waals surface area contributed by atoms with Crippen LogP contribution in [0.5, 0.6) is 0 Å². The highest BCUT2D eigenvalue weighted by Crippen LogP contribution is 2.26. The number of nitrogens with one attached hydrogen (secondary N) is 1. The Hall–Kier alpha value is -2.36. The van der Waals surface area contributed by atoms with Crippen LogP contribution in [0.25, 0.3) is 0 Å². The summed E-state index contributed by atoms with van der Waals surface area (Å²) in [7, 11) is -4.15. The van der Waals surface area contributed by atoms with Gasteiger partial charge < -0.3 is 5.32 Å². The van der Waals surface area contributed by atoms with Crippen LogP contribution in [0.15, 0.2) is 47.4 Å². The van der Waals surface area contributed by atoms with Crippen LogP contribution in [0.2, 0.25) is 0 Å². The topological polar surface area (TPSA) is 69.7 Å². The molecule has 0 saturated carbocycles. The van der Waals surface area contributed by atoms with Gasteiger partial charge in [0.05, 0.1) is 0 Å². The van der Waals surface area contributed by atoms with Crippen molar-refractivity contribution < 1.29 is 22.0 Å². The van der Waals surface area contributed by atoms with Gasteiger partial charge in [-0.15, -0.1) is 0 Å². The lowest BCUT2D eigenvalue weighted by Gasteiger charge is -2.34. The zero-order chi connectivity index (χ0) is 24.3. The molecule has 0 unspecified atom stereocenters. The summed E-state index contributed by atoms with van der Waals surface area (Å²) in [5.41, 5.74) is 2.54. The average Bonchev–Trinajstić information content (AvgIpc) is 2.82. The van der Waals surface area contributed by atoms with Crippen LogP contribution >= 0.6 is 0 Å². The van der Waals surface area contributed by atoms with Crippen molar-refractivity contribution in [3.63, 3.8) is 0 Å². The van der Waals surface area contributed by atoms with E-state index in [1.807, 2.05) is 0 Å². The van der Waals surface area contributed by atoms with Crippen LogP contribution in [0.3, 0.4) is 0 Å². The summed E-state index contributed by atoms with van der Waals surface area (Å²) in [5.74, 6) is -2.12. The summed E-state index contributed by atoms with van der Waals surface area (Å²) in [6, 6.07) is 11.0. The molecule has 0 spiro atoms. The maximum atomic E-state index is 14.0. The van der Waals surface area contributed by atoms with Gasteiger partial charge in [0.15, 0.2) is 0 Å². The molecule has 34 heavy (non-hydrogen) atoms. The third-order valence-electron chi connectivity index (χ3n) is 6.76. The van der Waals surface area contributed by atoms with Gasteiger partial charge in [-0.2, -0.15) is 4.31 Å². The molecule has 2 saturated heterocycles. The number of carbonyl (C=O) groups is 1. The molecule has 2 aliphatic rings. The minimum atomic E-state index is -4.15. The Morgan fingerprint density at radius 3 is 2.38 bits per heavy atom. The molecule has 0 bridgehead atoms. The van der Waals surface area contributed by atoms with E-state index in [1.165, 1.54) is 11.1 Å². The molecule has 2 aromatic rings. The fourth-order valence-electron chi connectivity index (χ4n) is 4.80. The van der Waals surface area contributed by atoms with Gasteiger partial charge in [-0.3, -0.25) is 9.69 Å². The van der Waals surface area contributed by atoms with Gasteiger partial charge in [0.1, 0.15) is 16.5 Å². The fourth-order valence-corrected chi connectivity index (χ4v) is 6.34. The zero-order valence-corrected chi connectivity index (χ0v) is 20.2. The number of likely N-dealkylation sites (tertiary alicyclic amines) is 1. The first-order valence-corrected chi connectivity index (χ1v) is 13.2. The zero-order valence-electron chi connectivity index (χ0n) is 19.3. The van der Waals surface area contributed by atoms with Crippen LogP contribution in [-0.4, -0.2) is 55.8 Å². The van der Waals surface area contributed by atoms with E-state index in [0.29, 0.717) is 18.9 Å². The number of hydrogen-bond acceptors (Lipinski definition) is 4. The van der Waals surface area contributed by atoms with Crippen LogP contribution < -0.4 is 5.32 Å². The first-order chi connectivity index (χ1) is 16.2. The van der Waals surface area contributed by atoms with Gasteiger partial charge in [0, 0.05) is 44.7 Å². The smallest absolute Gasteiger partial charge is 0.246 e. The van der Waals surface area contributed by atoms with Crippen molar-refractivity contribution in [3.05, 3.63) is 65.2 Å². The normalized spacial score (nSPS) is 19.3. The molecule has 4 rings (SSSR count). The Labute approximate surface area is 200 Å². The van der Waals surface area contributed by atoms with E-state index in [1.54, 1.807) is 0 Å². The number of hydrogen-bond donors (Lipinski definition) is 1. The Morgan fingerprint density at radius 2 is 1.71 bits per heavy atom. The van der Waals surface area contributed by atoms with Gasteiger partial charge in [0.2, 0.25) is 15.9 Å². The highest BCUT2D eigenvalue weighted by molar-refractivity contribution is 7.89. The van der Waals surface area contributed by atoms with Gasteiger partial charge >= 0.3 is 0 Å². The summed E-state index contributed by atoms with van der Waals surface area (Å²) in [5, 5.41) is 3.14. The number of rotatable bonds is 6. The molecule has 0 aromatic heterocycles. The van der Waals surface area contributed by atoms with Crippen LogP contribution in [-0.2, 0) is 21.4 Å². The number of benzene rings is 2. The summed E-state index contributed by atoms with van der Waals surface area (Å²) in [6.07, 6.45) is 2.47. The predicted molar refractivity (Wildman–Crippen MR) is 125 cm³/mol. The highest BCUT2D eigenvalue weighted by atomic mass is 32.2. The van der Waals surface area contributed by atoms with Crippen molar-refractivity contribution in [2.45, 2.75) is 50.1 Å². The SMILES string of the molecule is Cc1cccc(CN2CCC(NC(=O)C3CCN(S(=O)(=O)c4cc(F)ccc4F)CC3)CC2)c1. The molecule has 9 heteroatoms. The Balaban J connectivity index is 1.25. The summed E-state index contributed by atoms with van der Waals surface area (Å²) in [6.45, 7) is 5.02. The largest absolute Gasteiger partial charge is 0.353 e. The van der Waals surface area contributed by atoms with Crippen molar-refractivity contribution in [2.75, 3.05) is 26.2 Å². The van der Waals surface area contributed by atoms with Crippen molar-refractivity contribution in [2.24, 2.45) is 5.92 Å². The van der Waals surface area contributed by atoms with E-state index in [4.69, 9.17) is 0 Å². The molecule has 184 valence electrons. The summed E-state index contributed by atoms with van der Waals surface area (Å²) >= 11 is 0. The van der Waals surface area contributed by atoms with Crippen LogP contribution in [0.1, 0.15) is 36.8 Å². The van der Waals surface area contributed by atoms with Crippen molar-refractivity contribution in [1.29, 1.82) is 0 Å². The molecular formula is C25H31F2N3O3S. The number of sulfonamides is 1. The number of aryl methyl sites for hydroxylation is 1. The Kier molecular flexibility index (Phi) is 7.64. The predicted octanol–water partition coefficient (Wildman–Crippen LogP) is 3.45. The summed E-state index contributed by atoms with van der Waals surface area (Å²) in [4.78, 5) is 14.5. The molecule has 0 radical (unpaired) electrons. The van der Waals surface area contributed by atoms with Crippen molar-refractivity contribution in [1.82, 2.24) is 14.5 Å². The second-order valence-corrected chi connectivity index (χ2v) is 11.2. The van der Waals surface area contributed by atoms with E-state index in [-0.39, 0.29) is 31.0 Å². The lowest BCUT2D eigenvalue weighted by Crippen LogP contribution is -2.48. The quantitative estimate of drug-likeness (QED) is 0.672. The highest BCUT2D eigenvalue weighted by Gasteiger charge is 2.34.